The number of hydrogen-bond acceptors (Lipinski definition) is 10. The number of pyridine rings is 3. The summed E-state index contributed by atoms with van der Waals surface area (Å²) in [7, 11) is -1.62. The third-order valence-corrected chi connectivity index (χ3v) is 13.1. The minimum Gasteiger partial charge on any atom is -0.481 e. The minimum atomic E-state index is -3.20. The van der Waals surface area contributed by atoms with Crippen molar-refractivity contribution in [1.29, 1.82) is 0 Å². The number of amides is 1. The first-order valence-corrected chi connectivity index (χ1v) is 21.0. The highest BCUT2D eigenvalue weighted by atomic mass is 35.5. The van der Waals surface area contributed by atoms with Crippen molar-refractivity contribution < 1.29 is 22.3 Å². The molecule has 12 nitrogen and oxygen atoms in total. The molecule has 292 valence electrons. The molecule has 0 unspecified atom stereocenters. The summed E-state index contributed by atoms with van der Waals surface area (Å²) in [4.78, 5) is 29.5. The Morgan fingerprint density at radius 2 is 1.73 bits per heavy atom. The summed E-state index contributed by atoms with van der Waals surface area (Å²) in [6.07, 6.45) is 7.90. The molecule has 0 bridgehead atoms. The average Bonchev–Trinajstić information content (AvgIpc) is 3.79. The van der Waals surface area contributed by atoms with Crippen LogP contribution in [-0.4, -0.2) is 102 Å². The van der Waals surface area contributed by atoms with Crippen LogP contribution in [0.2, 0.25) is 10.0 Å². The van der Waals surface area contributed by atoms with E-state index in [4.69, 9.17) is 32.9 Å². The number of ether oxygens (including phenoxy) is 1. The first kappa shape index (κ1) is 39.3. The summed E-state index contributed by atoms with van der Waals surface area (Å²) in [5.74, 6) is 0.107. The maximum atomic E-state index is 15.7. The van der Waals surface area contributed by atoms with Gasteiger partial charge in [0.1, 0.15) is 0 Å². The van der Waals surface area contributed by atoms with Crippen molar-refractivity contribution in [2.45, 2.75) is 51.7 Å². The summed E-state index contributed by atoms with van der Waals surface area (Å²) >= 11 is 14.0. The fourth-order valence-corrected chi connectivity index (χ4v) is 9.46. The molecule has 3 fully saturated rings. The van der Waals surface area contributed by atoms with E-state index in [1.54, 1.807) is 61.1 Å². The maximum Gasteiger partial charge on any atom is 0.219 e. The molecule has 2 N–H and O–H groups in total. The monoisotopic (exact) mass is 810 g/mol. The Morgan fingerprint density at radius 3 is 2.45 bits per heavy atom. The molecule has 3 saturated heterocycles. The van der Waals surface area contributed by atoms with Gasteiger partial charge in [-0.15, -0.1) is 0 Å². The number of likely N-dealkylation sites (tertiary alicyclic amines) is 2. The molecule has 0 saturated carbocycles. The van der Waals surface area contributed by atoms with Crippen LogP contribution in [0.5, 0.6) is 5.88 Å². The molecule has 16 heteroatoms. The van der Waals surface area contributed by atoms with E-state index >= 15 is 4.39 Å². The molecule has 4 aromatic rings. The van der Waals surface area contributed by atoms with E-state index in [-0.39, 0.29) is 23.2 Å². The summed E-state index contributed by atoms with van der Waals surface area (Å²) in [6.45, 7) is 6.70. The Kier molecular flexibility index (Phi) is 11.6. The number of nitrogens with zero attached hydrogens (tertiary/aromatic N) is 6. The lowest BCUT2D eigenvalue weighted by molar-refractivity contribution is -0.129. The molecule has 1 spiro atoms. The SMILES string of the molecule is COc1nc(-c2ccnc(-c3cccc(Nc4nccc(CNC5CCN(C(C)=O)CC5)c4F)c3Cl)c2Cl)ccc1CN1CC[C@]2(CCN(S(C)(=O)=O)C2)C1. The van der Waals surface area contributed by atoms with Gasteiger partial charge in [-0.25, -0.2) is 27.1 Å². The van der Waals surface area contributed by atoms with Gasteiger partial charge in [0.05, 0.1) is 40.5 Å². The second-order valence-electron chi connectivity index (χ2n) is 14.8. The van der Waals surface area contributed by atoms with Crippen LogP contribution in [0.3, 0.4) is 0 Å². The van der Waals surface area contributed by atoms with Crippen LogP contribution in [0.4, 0.5) is 15.9 Å². The Bertz CT molecular complexity index is 2190. The van der Waals surface area contributed by atoms with Crippen molar-refractivity contribution >= 4 is 50.6 Å². The van der Waals surface area contributed by atoms with Crippen LogP contribution >= 0.6 is 23.2 Å². The molecule has 3 aromatic heterocycles. The van der Waals surface area contributed by atoms with Crippen molar-refractivity contribution in [1.82, 2.24) is 34.4 Å². The number of carbonyl (C=O) groups is 1. The number of carbonyl (C=O) groups excluding carboxylic acids is 1. The average molecular weight is 812 g/mol. The van der Waals surface area contributed by atoms with Crippen LogP contribution in [0.25, 0.3) is 22.5 Å². The van der Waals surface area contributed by atoms with E-state index < -0.39 is 15.8 Å². The lowest BCUT2D eigenvalue weighted by atomic mass is 9.86. The van der Waals surface area contributed by atoms with Crippen molar-refractivity contribution in [3.8, 4) is 28.4 Å². The first-order chi connectivity index (χ1) is 26.3. The summed E-state index contributed by atoms with van der Waals surface area (Å²) in [5, 5.41) is 7.12. The summed E-state index contributed by atoms with van der Waals surface area (Å²) in [6, 6.07) is 12.8. The molecule has 1 amide bonds. The zero-order chi connectivity index (χ0) is 38.9. The van der Waals surface area contributed by atoms with Crippen LogP contribution < -0.4 is 15.4 Å². The lowest BCUT2D eigenvalue weighted by Gasteiger charge is -2.31. The number of anilines is 2. The smallest absolute Gasteiger partial charge is 0.219 e. The highest BCUT2D eigenvalue weighted by Crippen LogP contribution is 2.43. The van der Waals surface area contributed by atoms with Gasteiger partial charge in [-0.2, -0.15) is 0 Å². The van der Waals surface area contributed by atoms with Gasteiger partial charge in [-0.3, -0.25) is 14.7 Å². The Hall–Kier alpha value is -3.92. The molecule has 3 aliphatic heterocycles. The predicted molar refractivity (Wildman–Crippen MR) is 212 cm³/mol. The van der Waals surface area contributed by atoms with Crippen LogP contribution in [0.1, 0.15) is 43.7 Å². The van der Waals surface area contributed by atoms with Crippen LogP contribution in [0.15, 0.2) is 54.9 Å². The number of sulfonamides is 1. The van der Waals surface area contributed by atoms with E-state index in [1.807, 2.05) is 17.0 Å². The second kappa shape index (κ2) is 16.3. The van der Waals surface area contributed by atoms with Crippen LogP contribution in [0, 0.1) is 11.2 Å². The summed E-state index contributed by atoms with van der Waals surface area (Å²) in [5.41, 5.74) is 4.00. The highest BCUT2D eigenvalue weighted by Gasteiger charge is 2.45. The fourth-order valence-electron chi connectivity index (χ4n) is 7.96. The van der Waals surface area contributed by atoms with Gasteiger partial charge in [0.25, 0.3) is 0 Å². The van der Waals surface area contributed by atoms with Gasteiger partial charge < -0.3 is 20.3 Å². The van der Waals surface area contributed by atoms with E-state index in [0.29, 0.717) is 89.0 Å². The number of hydrogen-bond donors (Lipinski definition) is 2. The van der Waals surface area contributed by atoms with Crippen molar-refractivity contribution in [3.63, 3.8) is 0 Å². The van der Waals surface area contributed by atoms with Gasteiger partial charge in [0.15, 0.2) is 11.6 Å². The van der Waals surface area contributed by atoms with Crippen molar-refractivity contribution in [2.75, 3.05) is 58.0 Å². The van der Waals surface area contributed by atoms with Gasteiger partial charge in [0, 0.05) is 93.4 Å². The van der Waals surface area contributed by atoms with E-state index in [0.717, 1.165) is 44.3 Å². The normalized spacial score (nSPS) is 19.7. The van der Waals surface area contributed by atoms with Crippen molar-refractivity contribution in [3.05, 3.63) is 81.8 Å². The number of piperidine rings is 1. The Balaban J connectivity index is 1.05. The van der Waals surface area contributed by atoms with E-state index in [1.165, 1.54) is 6.26 Å². The van der Waals surface area contributed by atoms with Gasteiger partial charge in [-0.05, 0) is 61.9 Å². The zero-order valence-corrected chi connectivity index (χ0v) is 33.4. The molecular formula is C39H45Cl2FN8O4S. The number of rotatable bonds is 11. The molecule has 55 heavy (non-hydrogen) atoms. The van der Waals surface area contributed by atoms with E-state index in [2.05, 4.69) is 25.5 Å². The van der Waals surface area contributed by atoms with Crippen molar-refractivity contribution in [2.24, 2.45) is 5.41 Å². The van der Waals surface area contributed by atoms with Crippen LogP contribution in [-0.2, 0) is 27.9 Å². The molecule has 7 rings (SSSR count). The number of methoxy groups -OCH3 is 1. The highest BCUT2D eigenvalue weighted by molar-refractivity contribution is 7.88. The predicted octanol–water partition coefficient (Wildman–Crippen LogP) is 6.36. The van der Waals surface area contributed by atoms with E-state index in [9.17, 15) is 13.2 Å². The molecule has 0 radical (unpaired) electrons. The number of benzene rings is 1. The molecule has 3 aliphatic rings. The maximum absolute atomic E-state index is 15.7. The molecule has 0 aliphatic carbocycles. The fraction of sp³-hybridized carbons (Fsp3) is 0.436. The minimum absolute atomic E-state index is 0.0259. The quantitative estimate of drug-likeness (QED) is 0.176. The van der Waals surface area contributed by atoms with Gasteiger partial charge >= 0.3 is 0 Å². The number of aromatic nitrogens is 3. The Labute approximate surface area is 331 Å². The first-order valence-electron chi connectivity index (χ1n) is 18.4. The summed E-state index contributed by atoms with van der Waals surface area (Å²) < 4.78 is 47.4. The molecule has 1 atom stereocenters. The van der Waals surface area contributed by atoms with Gasteiger partial charge in [-0.1, -0.05) is 41.4 Å². The number of nitrogens with one attached hydrogen (secondary N) is 2. The largest absolute Gasteiger partial charge is 0.481 e. The third-order valence-electron chi connectivity index (χ3n) is 11.1. The molecule has 1 aromatic carbocycles. The van der Waals surface area contributed by atoms with Gasteiger partial charge in [0.2, 0.25) is 21.8 Å². The molecule has 6 heterocycles. The zero-order valence-electron chi connectivity index (χ0n) is 31.1. The second-order valence-corrected chi connectivity index (χ2v) is 17.5. The molecular weight excluding hydrogens is 766 g/mol. The Morgan fingerprint density at radius 1 is 0.964 bits per heavy atom. The standard InChI is InChI=1S/C39H45Cl2FN8O4S/c1-25(51)49-17-11-28(12-18-49)45-21-26-9-15-44-37(35(26)42)46-32-6-4-5-30(33(32)40)36-34(41)29(10-16-43-36)31-8-7-27(38(47-31)54-2)22-48-19-13-39(23-48)14-20-50(24-39)55(3,52)53/h4-10,15-16,28,45H,11-14,17-24H2,1-3H3,(H,44,46)/t39-/m0/s1. The third kappa shape index (κ3) is 8.59. The number of halogens is 3. The lowest BCUT2D eigenvalue weighted by Crippen LogP contribution is -2.44. The topological polar surface area (TPSA) is 133 Å².